The number of carbonyl (C=O) groups excluding carboxylic acids is 1. The average Bonchev–Trinajstić information content (AvgIpc) is 2.61. The maximum absolute atomic E-state index is 12.8. The Hall–Kier alpha value is -3.11. The highest BCUT2D eigenvalue weighted by Crippen LogP contribution is 2.37. The van der Waals surface area contributed by atoms with Gasteiger partial charge in [0.05, 0.1) is 17.7 Å². The zero-order chi connectivity index (χ0) is 21.7. The van der Waals surface area contributed by atoms with Crippen molar-refractivity contribution in [2.45, 2.75) is 19.3 Å². The Balaban J connectivity index is 2.05. The molecule has 0 heterocycles. The molecule has 2 amide bonds. The normalized spacial score (nSPS) is 11.7. The minimum absolute atomic E-state index is 0.0309. The molecule has 2 rings (SSSR count). The summed E-state index contributed by atoms with van der Waals surface area (Å²) >= 11 is 0. The molecular formula is C18H16F6N2O3. The number of nitrogens with one attached hydrogen (secondary N) is 2. The highest BCUT2D eigenvalue weighted by Gasteiger charge is 2.37. The molecule has 158 valence electrons. The number of hydrogen-bond donors (Lipinski definition) is 2. The number of urea groups is 1. The first-order valence-electron chi connectivity index (χ1n) is 8.19. The Morgan fingerprint density at radius 1 is 0.897 bits per heavy atom. The third-order valence-corrected chi connectivity index (χ3v) is 3.45. The molecule has 0 bridgehead atoms. The van der Waals surface area contributed by atoms with Gasteiger partial charge in [-0.1, -0.05) is 12.1 Å². The molecule has 29 heavy (non-hydrogen) atoms. The second-order valence-electron chi connectivity index (χ2n) is 5.59. The first-order valence-corrected chi connectivity index (χ1v) is 8.19. The van der Waals surface area contributed by atoms with Crippen molar-refractivity contribution >= 4 is 11.7 Å². The number of halogens is 6. The lowest BCUT2D eigenvalue weighted by Gasteiger charge is -2.15. The summed E-state index contributed by atoms with van der Waals surface area (Å²) in [5.41, 5.74) is -3.74. The molecule has 0 saturated heterocycles. The van der Waals surface area contributed by atoms with Crippen molar-refractivity contribution < 1.29 is 40.6 Å². The smallest absolute Gasteiger partial charge is 0.416 e. The molecule has 0 aromatic heterocycles. The molecule has 0 aliphatic heterocycles. The van der Waals surface area contributed by atoms with Crippen LogP contribution in [0.1, 0.15) is 18.1 Å². The maximum atomic E-state index is 12.8. The molecule has 2 aromatic carbocycles. The summed E-state index contributed by atoms with van der Waals surface area (Å²) in [6, 6.07) is 6.26. The Morgan fingerprint density at radius 3 is 1.90 bits per heavy atom. The Kier molecular flexibility index (Phi) is 6.83. The molecule has 0 atom stereocenters. The highest BCUT2D eigenvalue weighted by atomic mass is 19.4. The number of carbonyl (C=O) groups is 1. The lowest BCUT2D eigenvalue weighted by Crippen LogP contribution is -2.32. The van der Waals surface area contributed by atoms with Gasteiger partial charge in [0.25, 0.3) is 0 Å². The zero-order valence-electron chi connectivity index (χ0n) is 14.9. The number of para-hydroxylation sites is 2. The van der Waals surface area contributed by atoms with Crippen LogP contribution in [0.5, 0.6) is 11.5 Å². The SMILES string of the molecule is CCOc1ccccc1OCNC(=O)Nc1cc(C(F)(F)F)cc(C(F)(F)F)c1. The molecule has 0 aliphatic carbocycles. The second kappa shape index (κ2) is 8.93. The Bertz CT molecular complexity index is 820. The van der Waals surface area contributed by atoms with Gasteiger partial charge in [0.2, 0.25) is 0 Å². The van der Waals surface area contributed by atoms with Crippen LogP contribution in [0.2, 0.25) is 0 Å². The van der Waals surface area contributed by atoms with Gasteiger partial charge in [0.1, 0.15) is 0 Å². The number of benzene rings is 2. The van der Waals surface area contributed by atoms with Gasteiger partial charge in [-0.2, -0.15) is 26.3 Å². The summed E-state index contributed by atoms with van der Waals surface area (Å²) in [4.78, 5) is 11.8. The largest absolute Gasteiger partial charge is 0.490 e. The van der Waals surface area contributed by atoms with E-state index in [4.69, 9.17) is 9.47 Å². The van der Waals surface area contributed by atoms with Crippen LogP contribution in [0.4, 0.5) is 36.8 Å². The van der Waals surface area contributed by atoms with E-state index in [9.17, 15) is 31.1 Å². The van der Waals surface area contributed by atoms with E-state index >= 15 is 0 Å². The van der Waals surface area contributed by atoms with Crippen LogP contribution in [-0.2, 0) is 12.4 Å². The van der Waals surface area contributed by atoms with Crippen molar-refractivity contribution in [2.24, 2.45) is 0 Å². The Morgan fingerprint density at radius 2 is 1.41 bits per heavy atom. The third-order valence-electron chi connectivity index (χ3n) is 3.45. The van der Waals surface area contributed by atoms with Gasteiger partial charge in [0.15, 0.2) is 18.2 Å². The number of alkyl halides is 6. The van der Waals surface area contributed by atoms with E-state index in [0.717, 1.165) is 0 Å². The first kappa shape index (κ1) is 22.2. The van der Waals surface area contributed by atoms with Crippen LogP contribution in [0.3, 0.4) is 0 Å². The number of ether oxygens (including phenoxy) is 2. The molecule has 11 heteroatoms. The van der Waals surface area contributed by atoms with Crippen molar-refractivity contribution in [3.8, 4) is 11.5 Å². The summed E-state index contributed by atoms with van der Waals surface area (Å²) in [7, 11) is 0. The van der Waals surface area contributed by atoms with E-state index in [0.29, 0.717) is 30.2 Å². The van der Waals surface area contributed by atoms with Gasteiger partial charge in [-0.05, 0) is 37.3 Å². The minimum Gasteiger partial charge on any atom is -0.490 e. The summed E-state index contributed by atoms with van der Waals surface area (Å²) < 4.78 is 87.6. The Labute approximate surface area is 161 Å². The zero-order valence-corrected chi connectivity index (χ0v) is 14.9. The van der Waals surface area contributed by atoms with Crippen LogP contribution in [0, 0.1) is 0 Å². The number of rotatable bonds is 6. The quantitative estimate of drug-likeness (QED) is 0.492. The molecule has 5 nitrogen and oxygen atoms in total. The van der Waals surface area contributed by atoms with E-state index in [1.807, 2.05) is 5.32 Å². The third kappa shape index (κ3) is 6.47. The van der Waals surface area contributed by atoms with Crippen molar-refractivity contribution in [1.82, 2.24) is 5.32 Å². The predicted molar refractivity (Wildman–Crippen MR) is 91.7 cm³/mol. The van der Waals surface area contributed by atoms with E-state index in [1.165, 1.54) is 0 Å². The fraction of sp³-hybridized carbons (Fsp3) is 0.278. The number of amides is 2. The summed E-state index contributed by atoms with van der Waals surface area (Å²) in [5.74, 6) is 0.706. The number of hydrogen-bond acceptors (Lipinski definition) is 3. The lowest BCUT2D eigenvalue weighted by atomic mass is 10.1. The van der Waals surface area contributed by atoms with Crippen molar-refractivity contribution in [2.75, 3.05) is 18.7 Å². The summed E-state index contributed by atoms with van der Waals surface area (Å²) in [6.07, 6.45) is -10.0. The molecule has 0 aliphatic rings. The maximum Gasteiger partial charge on any atom is 0.416 e. The van der Waals surface area contributed by atoms with Gasteiger partial charge < -0.3 is 20.1 Å². The van der Waals surface area contributed by atoms with E-state index < -0.39 is 41.9 Å². The van der Waals surface area contributed by atoms with E-state index in [-0.39, 0.29) is 6.07 Å². The van der Waals surface area contributed by atoms with Crippen LogP contribution < -0.4 is 20.1 Å². The topological polar surface area (TPSA) is 59.6 Å². The van der Waals surface area contributed by atoms with E-state index in [1.54, 1.807) is 31.2 Å². The minimum atomic E-state index is -5.01. The van der Waals surface area contributed by atoms with Crippen molar-refractivity contribution in [1.29, 1.82) is 0 Å². The van der Waals surface area contributed by atoms with Crippen LogP contribution >= 0.6 is 0 Å². The molecule has 0 fully saturated rings. The monoisotopic (exact) mass is 422 g/mol. The fourth-order valence-electron chi connectivity index (χ4n) is 2.23. The van der Waals surface area contributed by atoms with Gasteiger partial charge >= 0.3 is 18.4 Å². The molecule has 0 unspecified atom stereocenters. The molecule has 0 radical (unpaired) electrons. The van der Waals surface area contributed by atoms with Crippen LogP contribution in [0.15, 0.2) is 42.5 Å². The molecular weight excluding hydrogens is 406 g/mol. The molecule has 0 spiro atoms. The standard InChI is InChI=1S/C18H16F6N2O3/c1-2-28-14-5-3-4-6-15(14)29-10-25-16(27)26-13-8-11(17(19,20)21)7-12(9-13)18(22,23)24/h3-9H,2,10H2,1H3,(H2,25,26,27). The van der Waals surface area contributed by atoms with Gasteiger partial charge in [-0.3, -0.25) is 0 Å². The van der Waals surface area contributed by atoms with E-state index in [2.05, 4.69) is 5.32 Å². The summed E-state index contributed by atoms with van der Waals surface area (Å²) in [5, 5.41) is 4.11. The average molecular weight is 422 g/mol. The van der Waals surface area contributed by atoms with Crippen LogP contribution in [0.25, 0.3) is 0 Å². The van der Waals surface area contributed by atoms with Crippen molar-refractivity contribution in [3.05, 3.63) is 53.6 Å². The number of anilines is 1. The second-order valence-corrected chi connectivity index (χ2v) is 5.59. The van der Waals surface area contributed by atoms with Gasteiger partial charge in [-0.25, -0.2) is 4.79 Å². The lowest BCUT2D eigenvalue weighted by molar-refractivity contribution is -0.143. The first-order chi connectivity index (χ1) is 13.5. The van der Waals surface area contributed by atoms with Gasteiger partial charge in [-0.15, -0.1) is 0 Å². The predicted octanol–water partition coefficient (Wildman–Crippen LogP) is 5.28. The fourth-order valence-corrected chi connectivity index (χ4v) is 2.23. The highest BCUT2D eigenvalue weighted by molar-refractivity contribution is 5.89. The van der Waals surface area contributed by atoms with Crippen LogP contribution in [-0.4, -0.2) is 19.4 Å². The molecule has 2 aromatic rings. The summed E-state index contributed by atoms with van der Waals surface area (Å²) in [6.45, 7) is 1.72. The molecule has 0 saturated carbocycles. The van der Waals surface area contributed by atoms with Crippen molar-refractivity contribution in [3.63, 3.8) is 0 Å². The van der Waals surface area contributed by atoms with Gasteiger partial charge in [0, 0.05) is 5.69 Å². The molecule has 2 N–H and O–H groups in total.